The smallest absolute Gasteiger partial charge is 0.271 e. The standard InChI is InChI=1S/C12H18N4O2/c13-11-8-14-7-10(16-11)12(17)15-5-4-9-3-1-2-6-18-9/h7-9H,1-6H2,(H2,13,16)(H,15,17). The molecule has 18 heavy (non-hydrogen) atoms. The molecule has 1 aromatic heterocycles. The molecule has 0 bridgehead atoms. The van der Waals surface area contributed by atoms with Crippen LogP contribution in [0.5, 0.6) is 0 Å². The zero-order valence-electron chi connectivity index (χ0n) is 10.3. The van der Waals surface area contributed by atoms with Gasteiger partial charge >= 0.3 is 0 Å². The van der Waals surface area contributed by atoms with E-state index in [4.69, 9.17) is 10.5 Å². The van der Waals surface area contributed by atoms with Gasteiger partial charge in [0.15, 0.2) is 0 Å². The summed E-state index contributed by atoms with van der Waals surface area (Å²) in [6.07, 6.45) is 7.34. The van der Waals surface area contributed by atoms with Crippen LogP contribution in [0, 0.1) is 0 Å². The van der Waals surface area contributed by atoms with Gasteiger partial charge in [-0.15, -0.1) is 0 Å². The summed E-state index contributed by atoms with van der Waals surface area (Å²) in [5.74, 6) is 0.00359. The van der Waals surface area contributed by atoms with Crippen molar-refractivity contribution in [2.75, 3.05) is 18.9 Å². The van der Waals surface area contributed by atoms with E-state index >= 15 is 0 Å². The van der Waals surface area contributed by atoms with Gasteiger partial charge in [-0.1, -0.05) is 0 Å². The lowest BCUT2D eigenvalue weighted by Crippen LogP contribution is -2.30. The molecule has 1 aliphatic rings. The minimum absolute atomic E-state index is 0.245. The highest BCUT2D eigenvalue weighted by molar-refractivity contribution is 5.92. The van der Waals surface area contributed by atoms with Crippen molar-refractivity contribution in [3.63, 3.8) is 0 Å². The summed E-state index contributed by atoms with van der Waals surface area (Å²) in [6.45, 7) is 1.42. The summed E-state index contributed by atoms with van der Waals surface area (Å²) in [4.78, 5) is 19.5. The first kappa shape index (κ1) is 12.8. The van der Waals surface area contributed by atoms with Crippen LogP contribution >= 0.6 is 0 Å². The maximum Gasteiger partial charge on any atom is 0.271 e. The monoisotopic (exact) mass is 250 g/mol. The lowest BCUT2D eigenvalue weighted by molar-refractivity contribution is 0.0117. The van der Waals surface area contributed by atoms with Crippen molar-refractivity contribution in [2.24, 2.45) is 0 Å². The zero-order valence-corrected chi connectivity index (χ0v) is 10.3. The van der Waals surface area contributed by atoms with Gasteiger partial charge in [-0.25, -0.2) is 4.98 Å². The summed E-state index contributed by atoms with van der Waals surface area (Å²) in [7, 11) is 0. The Morgan fingerprint density at radius 2 is 2.39 bits per heavy atom. The van der Waals surface area contributed by atoms with E-state index < -0.39 is 0 Å². The second-order valence-corrected chi connectivity index (χ2v) is 4.36. The summed E-state index contributed by atoms with van der Waals surface area (Å²) in [5, 5.41) is 2.80. The van der Waals surface area contributed by atoms with Gasteiger partial charge in [0.1, 0.15) is 11.5 Å². The Bertz CT molecular complexity index is 405. The van der Waals surface area contributed by atoms with Crippen molar-refractivity contribution in [3.8, 4) is 0 Å². The van der Waals surface area contributed by atoms with Crippen LogP contribution in [-0.4, -0.2) is 35.1 Å². The molecule has 1 atom stereocenters. The average molecular weight is 250 g/mol. The van der Waals surface area contributed by atoms with Crippen LogP contribution < -0.4 is 11.1 Å². The second kappa shape index (κ2) is 6.30. The second-order valence-electron chi connectivity index (χ2n) is 4.36. The van der Waals surface area contributed by atoms with Crippen LogP contribution in [0.3, 0.4) is 0 Å². The first-order valence-corrected chi connectivity index (χ1v) is 6.23. The minimum Gasteiger partial charge on any atom is -0.382 e. The lowest BCUT2D eigenvalue weighted by Gasteiger charge is -2.22. The summed E-state index contributed by atoms with van der Waals surface area (Å²) >= 11 is 0. The lowest BCUT2D eigenvalue weighted by atomic mass is 10.1. The van der Waals surface area contributed by atoms with Gasteiger partial charge in [-0.05, 0) is 25.7 Å². The maximum atomic E-state index is 11.7. The van der Waals surface area contributed by atoms with Gasteiger partial charge in [0.05, 0.1) is 18.5 Å². The number of rotatable bonds is 4. The van der Waals surface area contributed by atoms with Crippen LogP contribution in [0.1, 0.15) is 36.2 Å². The fourth-order valence-electron chi connectivity index (χ4n) is 1.96. The summed E-state index contributed by atoms with van der Waals surface area (Å²) in [6, 6.07) is 0. The van der Waals surface area contributed by atoms with Crippen LogP contribution in [0.15, 0.2) is 12.4 Å². The Morgan fingerprint density at radius 3 is 3.11 bits per heavy atom. The van der Waals surface area contributed by atoms with E-state index in [1.54, 1.807) is 0 Å². The molecule has 0 spiro atoms. The van der Waals surface area contributed by atoms with Crippen molar-refractivity contribution in [1.82, 2.24) is 15.3 Å². The van der Waals surface area contributed by atoms with Gasteiger partial charge in [0.2, 0.25) is 0 Å². The first-order valence-electron chi connectivity index (χ1n) is 6.23. The predicted molar refractivity (Wildman–Crippen MR) is 67.0 cm³/mol. The number of nitrogens with two attached hydrogens (primary N) is 1. The molecule has 0 aromatic carbocycles. The van der Waals surface area contributed by atoms with Crippen LogP contribution in [0.4, 0.5) is 5.82 Å². The van der Waals surface area contributed by atoms with Crippen molar-refractivity contribution in [1.29, 1.82) is 0 Å². The van der Waals surface area contributed by atoms with Gasteiger partial charge in [-0.2, -0.15) is 0 Å². The van der Waals surface area contributed by atoms with Crippen molar-refractivity contribution in [2.45, 2.75) is 31.8 Å². The minimum atomic E-state index is -0.245. The quantitative estimate of drug-likeness (QED) is 0.822. The molecule has 6 heteroatoms. The third-order valence-corrected chi connectivity index (χ3v) is 2.91. The van der Waals surface area contributed by atoms with Crippen LogP contribution in [0.2, 0.25) is 0 Å². The molecular weight excluding hydrogens is 232 g/mol. The normalized spacial score (nSPS) is 19.4. The van der Waals surface area contributed by atoms with E-state index in [-0.39, 0.29) is 23.5 Å². The highest BCUT2D eigenvalue weighted by Gasteiger charge is 2.14. The Morgan fingerprint density at radius 1 is 1.50 bits per heavy atom. The average Bonchev–Trinajstić information content (AvgIpc) is 2.40. The first-order chi connectivity index (χ1) is 8.75. The van der Waals surface area contributed by atoms with E-state index in [9.17, 15) is 4.79 Å². The number of nitrogens with zero attached hydrogens (tertiary/aromatic N) is 2. The van der Waals surface area contributed by atoms with E-state index in [0.717, 1.165) is 25.9 Å². The number of hydrogen-bond acceptors (Lipinski definition) is 5. The number of hydrogen-bond donors (Lipinski definition) is 2. The molecular formula is C12H18N4O2. The Balaban J connectivity index is 1.74. The third-order valence-electron chi connectivity index (χ3n) is 2.91. The van der Waals surface area contributed by atoms with Gasteiger partial charge in [-0.3, -0.25) is 9.78 Å². The molecule has 1 aromatic rings. The van der Waals surface area contributed by atoms with Gasteiger partial charge < -0.3 is 15.8 Å². The molecule has 1 aliphatic heterocycles. The number of nitrogens with one attached hydrogen (secondary N) is 1. The molecule has 1 fully saturated rings. The number of amides is 1. The van der Waals surface area contributed by atoms with Crippen molar-refractivity contribution >= 4 is 11.7 Å². The highest BCUT2D eigenvalue weighted by Crippen LogP contribution is 2.14. The van der Waals surface area contributed by atoms with Crippen LogP contribution in [-0.2, 0) is 4.74 Å². The number of carbonyl (C=O) groups is 1. The van der Waals surface area contributed by atoms with E-state index in [1.165, 1.54) is 18.8 Å². The molecule has 0 saturated carbocycles. The Kier molecular flexibility index (Phi) is 4.46. The molecule has 0 aliphatic carbocycles. The van der Waals surface area contributed by atoms with E-state index in [2.05, 4.69) is 15.3 Å². The van der Waals surface area contributed by atoms with Gasteiger partial charge in [0.25, 0.3) is 5.91 Å². The molecule has 2 rings (SSSR count). The fraction of sp³-hybridized carbons (Fsp3) is 0.583. The zero-order chi connectivity index (χ0) is 12.8. The molecule has 2 heterocycles. The fourth-order valence-corrected chi connectivity index (χ4v) is 1.96. The number of aromatic nitrogens is 2. The molecule has 0 radical (unpaired) electrons. The predicted octanol–water partition coefficient (Wildman–Crippen LogP) is 0.748. The summed E-state index contributed by atoms with van der Waals surface area (Å²) < 4.78 is 5.59. The Labute approximate surface area is 106 Å². The number of nitrogen functional groups attached to an aromatic ring is 1. The number of carbonyl (C=O) groups excluding carboxylic acids is 1. The van der Waals surface area contributed by atoms with Crippen molar-refractivity contribution < 1.29 is 9.53 Å². The molecule has 1 amide bonds. The Hall–Kier alpha value is -1.69. The molecule has 1 unspecified atom stereocenters. The summed E-state index contributed by atoms with van der Waals surface area (Å²) in [5.41, 5.74) is 5.72. The maximum absolute atomic E-state index is 11.7. The number of anilines is 1. The molecule has 3 N–H and O–H groups in total. The van der Waals surface area contributed by atoms with Gasteiger partial charge in [0, 0.05) is 13.2 Å². The third kappa shape index (κ3) is 3.66. The largest absolute Gasteiger partial charge is 0.382 e. The molecule has 98 valence electrons. The van der Waals surface area contributed by atoms with E-state index in [0.29, 0.717) is 6.54 Å². The van der Waals surface area contributed by atoms with Crippen LogP contribution in [0.25, 0.3) is 0 Å². The molecule has 1 saturated heterocycles. The topological polar surface area (TPSA) is 90.1 Å². The number of ether oxygens (including phenoxy) is 1. The SMILES string of the molecule is Nc1cncc(C(=O)NCCC2CCCCO2)n1. The molecule has 6 nitrogen and oxygen atoms in total. The van der Waals surface area contributed by atoms with E-state index in [1.807, 2.05) is 0 Å². The van der Waals surface area contributed by atoms with Crippen molar-refractivity contribution in [3.05, 3.63) is 18.1 Å². The highest BCUT2D eigenvalue weighted by atomic mass is 16.5.